The number of halogens is 2. The van der Waals surface area contributed by atoms with Crippen LogP contribution in [0.2, 0.25) is 5.02 Å². The number of amides is 3. The van der Waals surface area contributed by atoms with Crippen molar-refractivity contribution in [2.75, 3.05) is 6.54 Å². The van der Waals surface area contributed by atoms with Gasteiger partial charge in [0, 0.05) is 13.0 Å². The highest BCUT2D eigenvalue weighted by Gasteiger charge is 2.35. The molecule has 1 atom stereocenters. The summed E-state index contributed by atoms with van der Waals surface area (Å²) in [6.45, 7) is 1.73. The molecule has 1 N–H and O–H groups in total. The molecule has 0 radical (unpaired) electrons. The third-order valence-electron chi connectivity index (χ3n) is 4.26. The number of benzene rings is 2. The summed E-state index contributed by atoms with van der Waals surface area (Å²) in [5.41, 5.74) is 1.37. The van der Waals surface area contributed by atoms with Gasteiger partial charge in [-0.2, -0.15) is 0 Å². The van der Waals surface area contributed by atoms with E-state index in [1.54, 1.807) is 31.2 Å². The van der Waals surface area contributed by atoms with E-state index >= 15 is 0 Å². The highest BCUT2D eigenvalue weighted by atomic mass is 35.5. The van der Waals surface area contributed by atoms with Crippen molar-refractivity contribution in [3.63, 3.8) is 0 Å². The van der Waals surface area contributed by atoms with Crippen molar-refractivity contribution >= 4 is 29.3 Å². The Hall–Kier alpha value is -2.73. The van der Waals surface area contributed by atoms with Crippen molar-refractivity contribution in [2.24, 2.45) is 0 Å². The van der Waals surface area contributed by atoms with Crippen molar-refractivity contribution in [1.29, 1.82) is 0 Å². The Kier molecular flexibility index (Phi) is 5.04. The Bertz CT molecular complexity index is 865. The second kappa shape index (κ2) is 7.25. The molecule has 0 saturated carbocycles. The van der Waals surface area contributed by atoms with Crippen LogP contribution in [0, 0.1) is 5.82 Å². The number of carbonyl (C=O) groups is 3. The standard InChI is InChI=1S/C19H16ClFN2O3/c1-11(12-6-7-16(21)15(20)10-12)22-17(24)8-9-23-18(25)13-4-2-3-5-14(13)19(23)26/h2-7,10-11H,8-9H2,1H3,(H,22,24). The molecular formula is C19H16ClFN2O3. The van der Waals surface area contributed by atoms with Gasteiger partial charge in [-0.1, -0.05) is 29.8 Å². The lowest BCUT2D eigenvalue weighted by Gasteiger charge is -2.17. The van der Waals surface area contributed by atoms with E-state index in [1.807, 2.05) is 0 Å². The molecule has 3 amide bonds. The summed E-state index contributed by atoms with van der Waals surface area (Å²) in [7, 11) is 0. The quantitative estimate of drug-likeness (QED) is 0.816. The van der Waals surface area contributed by atoms with Crippen molar-refractivity contribution in [2.45, 2.75) is 19.4 Å². The molecule has 1 unspecified atom stereocenters. The van der Waals surface area contributed by atoms with Crippen LogP contribution in [0.4, 0.5) is 4.39 Å². The molecule has 1 aliphatic heterocycles. The first-order valence-electron chi connectivity index (χ1n) is 8.08. The molecule has 0 spiro atoms. The van der Waals surface area contributed by atoms with Crippen LogP contribution in [-0.4, -0.2) is 29.2 Å². The molecule has 5 nitrogen and oxygen atoms in total. The molecule has 0 saturated heterocycles. The van der Waals surface area contributed by atoms with Crippen molar-refractivity contribution in [3.8, 4) is 0 Å². The van der Waals surface area contributed by atoms with Gasteiger partial charge in [-0.15, -0.1) is 0 Å². The minimum atomic E-state index is -0.528. The molecule has 0 aliphatic carbocycles. The van der Waals surface area contributed by atoms with Gasteiger partial charge in [-0.05, 0) is 36.8 Å². The average Bonchev–Trinajstić information content (AvgIpc) is 2.86. The van der Waals surface area contributed by atoms with Crippen LogP contribution in [0.3, 0.4) is 0 Å². The molecule has 2 aromatic rings. The molecule has 0 bridgehead atoms. The number of hydrogen-bond acceptors (Lipinski definition) is 3. The summed E-state index contributed by atoms with van der Waals surface area (Å²) in [5.74, 6) is -1.64. The molecule has 1 heterocycles. The van der Waals surface area contributed by atoms with Gasteiger partial charge in [-0.25, -0.2) is 4.39 Å². The zero-order chi connectivity index (χ0) is 18.8. The highest BCUT2D eigenvalue weighted by molar-refractivity contribution is 6.30. The number of nitrogens with zero attached hydrogens (tertiary/aromatic N) is 1. The molecular weight excluding hydrogens is 359 g/mol. The fourth-order valence-corrected chi connectivity index (χ4v) is 3.02. The first-order valence-corrected chi connectivity index (χ1v) is 8.46. The third-order valence-corrected chi connectivity index (χ3v) is 4.55. The molecule has 3 rings (SSSR count). The van der Waals surface area contributed by atoms with Crippen molar-refractivity contribution in [1.82, 2.24) is 10.2 Å². The smallest absolute Gasteiger partial charge is 0.261 e. The maximum Gasteiger partial charge on any atom is 0.261 e. The lowest BCUT2D eigenvalue weighted by Crippen LogP contribution is -2.35. The lowest BCUT2D eigenvalue weighted by molar-refractivity contribution is -0.121. The molecule has 2 aromatic carbocycles. The zero-order valence-electron chi connectivity index (χ0n) is 14.0. The van der Waals surface area contributed by atoms with Crippen LogP contribution >= 0.6 is 11.6 Å². The van der Waals surface area contributed by atoms with Crippen LogP contribution in [0.25, 0.3) is 0 Å². The zero-order valence-corrected chi connectivity index (χ0v) is 14.7. The minimum absolute atomic E-state index is 0.00489. The second-order valence-electron chi connectivity index (χ2n) is 6.02. The van der Waals surface area contributed by atoms with Crippen LogP contribution in [0.15, 0.2) is 42.5 Å². The Morgan fingerprint density at radius 2 is 1.77 bits per heavy atom. The summed E-state index contributed by atoms with van der Waals surface area (Å²) < 4.78 is 13.2. The van der Waals surface area contributed by atoms with Gasteiger partial charge in [0.15, 0.2) is 0 Å². The normalized spacial score (nSPS) is 14.3. The van der Waals surface area contributed by atoms with Gasteiger partial charge in [0.25, 0.3) is 11.8 Å². The molecule has 26 heavy (non-hydrogen) atoms. The van der Waals surface area contributed by atoms with Gasteiger partial charge in [0.05, 0.1) is 22.2 Å². The van der Waals surface area contributed by atoms with E-state index in [4.69, 9.17) is 11.6 Å². The number of nitrogens with one attached hydrogen (secondary N) is 1. The summed E-state index contributed by atoms with van der Waals surface area (Å²) in [4.78, 5) is 37.7. The van der Waals surface area contributed by atoms with Gasteiger partial charge in [-0.3, -0.25) is 19.3 Å². The Labute approximate surface area is 154 Å². The van der Waals surface area contributed by atoms with E-state index in [9.17, 15) is 18.8 Å². The van der Waals surface area contributed by atoms with Gasteiger partial charge < -0.3 is 5.32 Å². The highest BCUT2D eigenvalue weighted by Crippen LogP contribution is 2.23. The molecule has 134 valence electrons. The summed E-state index contributed by atoms with van der Waals surface area (Å²) >= 11 is 5.75. The topological polar surface area (TPSA) is 66.5 Å². The third kappa shape index (κ3) is 3.46. The Morgan fingerprint density at radius 1 is 1.15 bits per heavy atom. The van der Waals surface area contributed by atoms with Crippen LogP contribution in [0.5, 0.6) is 0 Å². The minimum Gasteiger partial charge on any atom is -0.350 e. The number of fused-ring (bicyclic) bond motifs is 1. The Balaban J connectivity index is 1.59. The monoisotopic (exact) mass is 374 g/mol. The summed E-state index contributed by atoms with van der Waals surface area (Å²) in [6.07, 6.45) is -0.0231. The number of hydrogen-bond donors (Lipinski definition) is 1. The molecule has 0 aromatic heterocycles. The SMILES string of the molecule is CC(NC(=O)CCN1C(=O)c2ccccc2C1=O)c1ccc(F)c(Cl)c1. The maximum atomic E-state index is 13.2. The maximum absolute atomic E-state index is 13.2. The lowest BCUT2D eigenvalue weighted by atomic mass is 10.1. The van der Waals surface area contributed by atoms with E-state index in [0.29, 0.717) is 16.7 Å². The second-order valence-corrected chi connectivity index (χ2v) is 6.43. The number of imide groups is 1. The van der Waals surface area contributed by atoms with Crippen LogP contribution < -0.4 is 5.32 Å². The predicted molar refractivity (Wildman–Crippen MR) is 94.4 cm³/mol. The predicted octanol–water partition coefficient (Wildman–Crippen LogP) is 3.34. The largest absolute Gasteiger partial charge is 0.350 e. The van der Waals surface area contributed by atoms with Gasteiger partial charge in [0.1, 0.15) is 5.82 Å². The van der Waals surface area contributed by atoms with E-state index < -0.39 is 17.6 Å². The van der Waals surface area contributed by atoms with E-state index in [-0.39, 0.29) is 29.9 Å². The Morgan fingerprint density at radius 3 is 2.35 bits per heavy atom. The molecule has 1 aliphatic rings. The van der Waals surface area contributed by atoms with Gasteiger partial charge in [0.2, 0.25) is 5.91 Å². The van der Waals surface area contributed by atoms with E-state index in [0.717, 1.165) is 4.90 Å². The summed E-state index contributed by atoms with van der Waals surface area (Å²) in [5, 5.41) is 2.73. The number of rotatable bonds is 5. The van der Waals surface area contributed by atoms with Crippen molar-refractivity contribution in [3.05, 3.63) is 70.0 Å². The van der Waals surface area contributed by atoms with Crippen molar-refractivity contribution < 1.29 is 18.8 Å². The number of carbonyl (C=O) groups excluding carboxylic acids is 3. The first-order chi connectivity index (χ1) is 12.4. The fraction of sp³-hybridized carbons (Fsp3) is 0.211. The average molecular weight is 375 g/mol. The van der Waals surface area contributed by atoms with Gasteiger partial charge >= 0.3 is 0 Å². The molecule has 0 fully saturated rings. The van der Waals surface area contributed by atoms with E-state index in [1.165, 1.54) is 18.2 Å². The van der Waals surface area contributed by atoms with Crippen LogP contribution in [0.1, 0.15) is 45.7 Å². The fourth-order valence-electron chi connectivity index (χ4n) is 2.83. The first kappa shape index (κ1) is 18.1. The molecule has 7 heteroatoms. The van der Waals surface area contributed by atoms with Crippen LogP contribution in [-0.2, 0) is 4.79 Å². The van der Waals surface area contributed by atoms with E-state index in [2.05, 4.69) is 5.32 Å². The summed E-state index contributed by atoms with van der Waals surface area (Å²) in [6, 6.07) is 10.4.